The van der Waals surface area contributed by atoms with Gasteiger partial charge in [0.15, 0.2) is 6.61 Å². The minimum Gasteiger partial charge on any atom is -0.496 e. The van der Waals surface area contributed by atoms with Gasteiger partial charge in [-0.2, -0.15) is 0 Å². The Bertz CT molecular complexity index is 776. The summed E-state index contributed by atoms with van der Waals surface area (Å²) in [4.78, 5) is 14.8. The third-order valence-corrected chi connectivity index (χ3v) is 4.74. The van der Waals surface area contributed by atoms with Crippen molar-refractivity contribution in [3.8, 4) is 11.5 Å². The summed E-state index contributed by atoms with van der Waals surface area (Å²) in [5.74, 6) is 1.55. The smallest absolute Gasteiger partial charge is 0.261 e. The third-order valence-electron chi connectivity index (χ3n) is 4.74. The quantitative estimate of drug-likeness (QED) is 0.897. The van der Waals surface area contributed by atoms with Crippen LogP contribution in [-0.4, -0.2) is 44.2 Å². The van der Waals surface area contributed by atoms with E-state index in [-0.39, 0.29) is 18.6 Å². The Morgan fingerprint density at radius 2 is 2.00 bits per heavy atom. The van der Waals surface area contributed by atoms with E-state index in [4.69, 9.17) is 9.47 Å². The molecule has 2 aromatic carbocycles. The molecule has 0 bridgehead atoms. The van der Waals surface area contributed by atoms with Gasteiger partial charge in [0.05, 0.1) is 13.2 Å². The van der Waals surface area contributed by atoms with Gasteiger partial charge in [-0.1, -0.05) is 35.9 Å². The van der Waals surface area contributed by atoms with E-state index in [2.05, 4.69) is 11.4 Å². The molecule has 0 aromatic heterocycles. The number of rotatable bonds is 5. The van der Waals surface area contributed by atoms with Crippen LogP contribution in [0.15, 0.2) is 42.5 Å². The number of piperazine rings is 1. The zero-order valence-corrected chi connectivity index (χ0v) is 15.6. The van der Waals surface area contributed by atoms with Crippen molar-refractivity contribution in [2.75, 3.05) is 33.4 Å². The van der Waals surface area contributed by atoms with E-state index in [0.717, 1.165) is 29.2 Å². The first-order chi connectivity index (χ1) is 12.6. The van der Waals surface area contributed by atoms with E-state index in [0.29, 0.717) is 13.1 Å². The molecule has 138 valence electrons. The summed E-state index contributed by atoms with van der Waals surface area (Å²) in [6.07, 6.45) is 0. The molecule has 0 saturated carbocycles. The van der Waals surface area contributed by atoms with Crippen LogP contribution >= 0.6 is 0 Å². The molecule has 1 saturated heterocycles. The van der Waals surface area contributed by atoms with Crippen LogP contribution in [0, 0.1) is 13.8 Å². The molecule has 26 heavy (non-hydrogen) atoms. The topological polar surface area (TPSA) is 50.8 Å². The highest BCUT2D eigenvalue weighted by atomic mass is 16.5. The largest absolute Gasteiger partial charge is 0.496 e. The number of amides is 1. The molecule has 1 unspecified atom stereocenters. The number of carbonyl (C=O) groups is 1. The van der Waals surface area contributed by atoms with E-state index < -0.39 is 0 Å². The van der Waals surface area contributed by atoms with Gasteiger partial charge in [-0.15, -0.1) is 0 Å². The van der Waals surface area contributed by atoms with Crippen molar-refractivity contribution in [1.82, 2.24) is 10.2 Å². The Morgan fingerprint density at radius 1 is 1.19 bits per heavy atom. The van der Waals surface area contributed by atoms with Crippen LogP contribution in [0.2, 0.25) is 0 Å². The zero-order chi connectivity index (χ0) is 18.5. The number of benzene rings is 2. The van der Waals surface area contributed by atoms with Crippen LogP contribution < -0.4 is 14.8 Å². The number of nitrogens with one attached hydrogen (secondary N) is 1. The highest BCUT2D eigenvalue weighted by Gasteiger charge is 2.30. The van der Waals surface area contributed by atoms with Gasteiger partial charge in [0.2, 0.25) is 0 Å². The maximum Gasteiger partial charge on any atom is 0.261 e. The van der Waals surface area contributed by atoms with Gasteiger partial charge in [0.25, 0.3) is 5.91 Å². The lowest BCUT2D eigenvalue weighted by Gasteiger charge is -2.37. The number of aryl methyl sites for hydroxylation is 2. The minimum absolute atomic E-state index is 0.0117. The molecule has 1 N–H and O–H groups in total. The first kappa shape index (κ1) is 18.3. The Hall–Kier alpha value is -2.53. The van der Waals surface area contributed by atoms with E-state index in [9.17, 15) is 4.79 Å². The van der Waals surface area contributed by atoms with Crippen LogP contribution in [0.4, 0.5) is 0 Å². The van der Waals surface area contributed by atoms with Crippen molar-refractivity contribution < 1.29 is 14.3 Å². The number of nitrogens with zero attached hydrogens (tertiary/aromatic N) is 1. The van der Waals surface area contributed by atoms with Crippen LogP contribution in [0.5, 0.6) is 11.5 Å². The summed E-state index contributed by atoms with van der Waals surface area (Å²) in [6, 6.07) is 13.8. The standard InChI is InChI=1S/C21H26N2O3/c1-15-8-9-19(16(2)12-15)26-14-21(24)23-11-10-22-13-18(23)17-6-4-5-7-20(17)25-3/h4-9,12,18,22H,10-11,13-14H2,1-3H3. The zero-order valence-electron chi connectivity index (χ0n) is 15.6. The lowest BCUT2D eigenvalue weighted by atomic mass is 10.0. The second kappa shape index (κ2) is 8.23. The lowest BCUT2D eigenvalue weighted by Crippen LogP contribution is -2.50. The Balaban J connectivity index is 1.73. The molecule has 1 aliphatic heterocycles. The van der Waals surface area contributed by atoms with Gasteiger partial charge in [-0.3, -0.25) is 4.79 Å². The van der Waals surface area contributed by atoms with Crippen molar-refractivity contribution in [3.05, 3.63) is 59.2 Å². The predicted molar refractivity (Wildman–Crippen MR) is 102 cm³/mol. The monoisotopic (exact) mass is 354 g/mol. The van der Waals surface area contributed by atoms with E-state index in [1.807, 2.05) is 55.1 Å². The van der Waals surface area contributed by atoms with Crippen LogP contribution in [0.3, 0.4) is 0 Å². The van der Waals surface area contributed by atoms with Gasteiger partial charge in [0.1, 0.15) is 11.5 Å². The summed E-state index contributed by atoms with van der Waals surface area (Å²) in [6.45, 7) is 6.21. The molecule has 0 aliphatic carbocycles. The van der Waals surface area contributed by atoms with Crippen molar-refractivity contribution >= 4 is 5.91 Å². The Labute approximate surface area is 154 Å². The summed E-state index contributed by atoms with van der Waals surface area (Å²) < 4.78 is 11.3. The molecule has 1 aliphatic rings. The number of carbonyl (C=O) groups excluding carboxylic acids is 1. The fraction of sp³-hybridized carbons (Fsp3) is 0.381. The van der Waals surface area contributed by atoms with Gasteiger partial charge >= 0.3 is 0 Å². The average molecular weight is 354 g/mol. The van der Waals surface area contributed by atoms with Crippen molar-refractivity contribution in [2.45, 2.75) is 19.9 Å². The van der Waals surface area contributed by atoms with Crippen molar-refractivity contribution in [1.29, 1.82) is 0 Å². The second-order valence-electron chi connectivity index (χ2n) is 6.61. The van der Waals surface area contributed by atoms with Crippen LogP contribution in [-0.2, 0) is 4.79 Å². The molecule has 0 radical (unpaired) electrons. The number of para-hydroxylation sites is 1. The minimum atomic E-state index is -0.0601. The molecule has 1 fully saturated rings. The van der Waals surface area contributed by atoms with E-state index >= 15 is 0 Å². The van der Waals surface area contributed by atoms with Crippen molar-refractivity contribution in [2.24, 2.45) is 0 Å². The van der Waals surface area contributed by atoms with Gasteiger partial charge in [-0.25, -0.2) is 0 Å². The summed E-state index contributed by atoms with van der Waals surface area (Å²) in [5, 5.41) is 3.37. The fourth-order valence-corrected chi connectivity index (χ4v) is 3.41. The van der Waals surface area contributed by atoms with Crippen LogP contribution in [0.25, 0.3) is 0 Å². The second-order valence-corrected chi connectivity index (χ2v) is 6.61. The molecule has 0 spiro atoms. The molecular formula is C21H26N2O3. The van der Waals surface area contributed by atoms with E-state index in [1.54, 1.807) is 7.11 Å². The normalized spacial score (nSPS) is 17.0. The first-order valence-corrected chi connectivity index (χ1v) is 8.93. The molecule has 1 atom stereocenters. The van der Waals surface area contributed by atoms with Gasteiger partial charge < -0.3 is 19.7 Å². The highest BCUT2D eigenvalue weighted by Crippen LogP contribution is 2.30. The fourth-order valence-electron chi connectivity index (χ4n) is 3.41. The predicted octanol–water partition coefficient (Wildman–Crippen LogP) is 2.86. The molecule has 1 amide bonds. The molecule has 5 nitrogen and oxygen atoms in total. The molecule has 2 aromatic rings. The lowest BCUT2D eigenvalue weighted by molar-refractivity contribution is -0.136. The molecule has 5 heteroatoms. The molecular weight excluding hydrogens is 328 g/mol. The SMILES string of the molecule is COc1ccccc1C1CNCCN1C(=O)COc1ccc(C)cc1C. The van der Waals surface area contributed by atoms with Crippen LogP contribution in [0.1, 0.15) is 22.7 Å². The number of methoxy groups -OCH3 is 1. The first-order valence-electron chi connectivity index (χ1n) is 8.93. The Kier molecular flexibility index (Phi) is 5.78. The summed E-state index contributed by atoms with van der Waals surface area (Å²) in [5.41, 5.74) is 3.24. The third kappa shape index (κ3) is 3.99. The Morgan fingerprint density at radius 3 is 2.77 bits per heavy atom. The van der Waals surface area contributed by atoms with Crippen molar-refractivity contribution in [3.63, 3.8) is 0 Å². The maximum absolute atomic E-state index is 12.9. The average Bonchev–Trinajstić information content (AvgIpc) is 2.67. The molecule has 1 heterocycles. The maximum atomic E-state index is 12.9. The highest BCUT2D eigenvalue weighted by molar-refractivity contribution is 5.78. The number of hydrogen-bond donors (Lipinski definition) is 1. The van der Waals surface area contributed by atoms with Gasteiger partial charge in [-0.05, 0) is 31.5 Å². The van der Waals surface area contributed by atoms with Gasteiger partial charge in [0, 0.05) is 25.2 Å². The van der Waals surface area contributed by atoms with E-state index in [1.165, 1.54) is 5.56 Å². The molecule has 3 rings (SSSR count). The number of hydrogen-bond acceptors (Lipinski definition) is 4. The number of ether oxygens (including phenoxy) is 2. The summed E-state index contributed by atoms with van der Waals surface area (Å²) >= 11 is 0. The summed E-state index contributed by atoms with van der Waals surface area (Å²) in [7, 11) is 1.66.